The third-order valence-corrected chi connectivity index (χ3v) is 4.38. The van der Waals surface area contributed by atoms with Gasteiger partial charge >= 0.3 is 0 Å². The zero-order chi connectivity index (χ0) is 17.2. The Bertz CT molecular complexity index is 894. The Labute approximate surface area is 130 Å². The minimum atomic E-state index is -4.11. The normalized spacial score (nSPS) is 11.0. The molecule has 0 atom stereocenters. The quantitative estimate of drug-likeness (QED) is 0.658. The molecule has 0 bridgehead atoms. The molecule has 2 rings (SSSR count). The van der Waals surface area contributed by atoms with Gasteiger partial charge in [0.25, 0.3) is 21.4 Å². The average Bonchev–Trinajstić information content (AvgIpc) is 2.46. The molecule has 0 aliphatic rings. The zero-order valence-corrected chi connectivity index (χ0v) is 12.6. The summed E-state index contributed by atoms with van der Waals surface area (Å²) in [5.74, 6) is 0. The number of nitrogens with zero attached hydrogens (tertiary/aromatic N) is 2. The van der Waals surface area contributed by atoms with Crippen LogP contribution in [0.5, 0.6) is 0 Å². The Balaban J connectivity index is 2.40. The van der Waals surface area contributed by atoms with E-state index in [2.05, 4.69) is 4.72 Å². The van der Waals surface area contributed by atoms with E-state index in [9.17, 15) is 28.6 Å². The van der Waals surface area contributed by atoms with Crippen LogP contribution in [-0.2, 0) is 10.0 Å². The first-order valence-electron chi connectivity index (χ1n) is 6.23. The molecule has 0 heterocycles. The Morgan fingerprint density at radius 1 is 1.00 bits per heavy atom. The molecule has 0 aliphatic carbocycles. The Hall–Kier alpha value is -3.01. The highest BCUT2D eigenvalue weighted by atomic mass is 32.2. The molecule has 0 aromatic heterocycles. The van der Waals surface area contributed by atoms with Crippen LogP contribution in [0.2, 0.25) is 0 Å². The first kappa shape index (κ1) is 16.4. The maximum Gasteiger partial charge on any atom is 0.273 e. The van der Waals surface area contributed by atoms with E-state index in [4.69, 9.17) is 0 Å². The lowest BCUT2D eigenvalue weighted by Crippen LogP contribution is -2.13. The third kappa shape index (κ3) is 3.61. The van der Waals surface area contributed by atoms with Gasteiger partial charge in [-0.2, -0.15) is 0 Å². The summed E-state index contributed by atoms with van der Waals surface area (Å²) in [6.07, 6.45) is 0. The van der Waals surface area contributed by atoms with Gasteiger partial charge < -0.3 is 0 Å². The molecule has 0 amide bonds. The molecular weight excluding hydrogens is 326 g/mol. The Morgan fingerprint density at radius 2 is 1.70 bits per heavy atom. The number of benzene rings is 2. The second-order valence-corrected chi connectivity index (χ2v) is 6.30. The van der Waals surface area contributed by atoms with Gasteiger partial charge in [0.15, 0.2) is 0 Å². The number of sulfonamides is 1. The van der Waals surface area contributed by atoms with Crippen molar-refractivity contribution in [1.82, 2.24) is 0 Å². The molecule has 0 spiro atoms. The number of hydrogen-bond acceptors (Lipinski definition) is 6. The molecule has 0 fully saturated rings. The molecule has 0 saturated heterocycles. The molecular formula is C13H11N3O6S. The number of hydrogen-bond donors (Lipinski definition) is 1. The predicted octanol–water partition coefficient (Wildman–Crippen LogP) is 2.61. The van der Waals surface area contributed by atoms with E-state index >= 15 is 0 Å². The van der Waals surface area contributed by atoms with Crippen molar-refractivity contribution in [2.24, 2.45) is 0 Å². The number of rotatable bonds is 5. The van der Waals surface area contributed by atoms with Gasteiger partial charge in [-0.1, -0.05) is 12.1 Å². The smallest absolute Gasteiger partial charge is 0.273 e. The van der Waals surface area contributed by atoms with Crippen molar-refractivity contribution in [1.29, 1.82) is 0 Å². The van der Waals surface area contributed by atoms with Crippen molar-refractivity contribution in [3.63, 3.8) is 0 Å². The molecule has 0 unspecified atom stereocenters. The molecule has 1 N–H and O–H groups in total. The van der Waals surface area contributed by atoms with E-state index in [1.54, 1.807) is 0 Å². The molecule has 2 aromatic carbocycles. The fourth-order valence-corrected chi connectivity index (χ4v) is 2.92. The van der Waals surface area contributed by atoms with Gasteiger partial charge in [0.1, 0.15) is 0 Å². The number of nitrogens with one attached hydrogen (secondary N) is 1. The van der Waals surface area contributed by atoms with Crippen molar-refractivity contribution >= 4 is 27.1 Å². The van der Waals surface area contributed by atoms with Crippen LogP contribution in [0.1, 0.15) is 5.56 Å². The molecule has 9 nitrogen and oxygen atoms in total. The van der Waals surface area contributed by atoms with Gasteiger partial charge in [0.2, 0.25) is 0 Å². The van der Waals surface area contributed by atoms with Crippen LogP contribution in [-0.4, -0.2) is 18.3 Å². The summed E-state index contributed by atoms with van der Waals surface area (Å²) in [5, 5.41) is 21.6. The van der Waals surface area contributed by atoms with E-state index in [-0.39, 0.29) is 22.0 Å². The van der Waals surface area contributed by atoms with Crippen LogP contribution in [0.4, 0.5) is 17.1 Å². The first-order chi connectivity index (χ1) is 10.7. The minimum Gasteiger partial charge on any atom is -0.279 e. The molecule has 120 valence electrons. The summed E-state index contributed by atoms with van der Waals surface area (Å²) >= 11 is 0. The van der Waals surface area contributed by atoms with E-state index in [1.165, 1.54) is 37.3 Å². The number of aryl methyl sites for hydroxylation is 1. The van der Waals surface area contributed by atoms with Gasteiger partial charge in [-0.3, -0.25) is 25.0 Å². The maximum absolute atomic E-state index is 12.3. The summed E-state index contributed by atoms with van der Waals surface area (Å²) in [6.45, 7) is 1.49. The second kappa shape index (κ2) is 6.01. The van der Waals surface area contributed by atoms with Gasteiger partial charge in [0.05, 0.1) is 20.4 Å². The summed E-state index contributed by atoms with van der Waals surface area (Å²) < 4.78 is 26.7. The summed E-state index contributed by atoms with van der Waals surface area (Å²) in [5.41, 5.74) is -0.293. The topological polar surface area (TPSA) is 132 Å². The monoisotopic (exact) mass is 337 g/mol. The van der Waals surface area contributed by atoms with E-state index in [1.807, 2.05) is 0 Å². The van der Waals surface area contributed by atoms with Crippen molar-refractivity contribution < 1.29 is 18.3 Å². The van der Waals surface area contributed by atoms with Crippen molar-refractivity contribution in [2.45, 2.75) is 11.8 Å². The average molecular weight is 337 g/mol. The highest BCUT2D eigenvalue weighted by Crippen LogP contribution is 2.25. The highest BCUT2D eigenvalue weighted by Gasteiger charge is 2.20. The standard InChI is InChI=1S/C13H11N3O6S/c1-9-5-6-12(8-13(9)16(19)20)23(21,22)14-10-3-2-4-11(7-10)15(17)18/h2-8,14H,1H3. The fraction of sp³-hybridized carbons (Fsp3) is 0.0769. The molecule has 2 aromatic rings. The van der Waals surface area contributed by atoms with Crippen molar-refractivity contribution in [3.05, 3.63) is 68.3 Å². The lowest BCUT2D eigenvalue weighted by atomic mass is 10.2. The largest absolute Gasteiger partial charge is 0.279 e. The van der Waals surface area contributed by atoms with Crippen LogP contribution >= 0.6 is 0 Å². The lowest BCUT2D eigenvalue weighted by molar-refractivity contribution is -0.385. The summed E-state index contributed by atoms with van der Waals surface area (Å²) in [6, 6.07) is 8.42. The van der Waals surface area contributed by atoms with Crippen molar-refractivity contribution in [2.75, 3.05) is 4.72 Å². The van der Waals surface area contributed by atoms with Crippen LogP contribution in [0.15, 0.2) is 47.4 Å². The van der Waals surface area contributed by atoms with Crippen LogP contribution in [0.3, 0.4) is 0 Å². The van der Waals surface area contributed by atoms with Gasteiger partial charge in [0, 0.05) is 23.8 Å². The van der Waals surface area contributed by atoms with Gasteiger partial charge in [-0.15, -0.1) is 0 Å². The number of non-ortho nitro benzene ring substituents is 1. The lowest BCUT2D eigenvalue weighted by Gasteiger charge is -2.08. The number of nitro benzene ring substituents is 2. The molecule has 23 heavy (non-hydrogen) atoms. The number of nitro groups is 2. The van der Waals surface area contributed by atoms with Crippen LogP contribution in [0.25, 0.3) is 0 Å². The maximum atomic E-state index is 12.3. The third-order valence-electron chi connectivity index (χ3n) is 3.00. The summed E-state index contributed by atoms with van der Waals surface area (Å²) in [4.78, 5) is 20.0. The Kier molecular flexibility index (Phi) is 4.27. The fourth-order valence-electron chi connectivity index (χ4n) is 1.85. The summed E-state index contributed by atoms with van der Waals surface area (Å²) in [7, 11) is -4.11. The first-order valence-corrected chi connectivity index (χ1v) is 7.71. The zero-order valence-electron chi connectivity index (χ0n) is 11.8. The minimum absolute atomic E-state index is 0.0116. The predicted molar refractivity (Wildman–Crippen MR) is 81.7 cm³/mol. The second-order valence-electron chi connectivity index (χ2n) is 4.62. The van der Waals surface area contributed by atoms with Crippen LogP contribution in [0, 0.1) is 27.2 Å². The molecule has 0 radical (unpaired) electrons. The van der Waals surface area contributed by atoms with E-state index in [0.717, 1.165) is 12.1 Å². The molecule has 10 heteroatoms. The van der Waals surface area contributed by atoms with E-state index < -0.39 is 19.9 Å². The molecule has 0 saturated carbocycles. The van der Waals surface area contributed by atoms with Gasteiger partial charge in [-0.05, 0) is 19.1 Å². The van der Waals surface area contributed by atoms with E-state index in [0.29, 0.717) is 5.56 Å². The van der Waals surface area contributed by atoms with Crippen molar-refractivity contribution in [3.8, 4) is 0 Å². The Morgan fingerprint density at radius 3 is 2.30 bits per heavy atom. The number of anilines is 1. The van der Waals surface area contributed by atoms with Crippen LogP contribution < -0.4 is 4.72 Å². The highest BCUT2D eigenvalue weighted by molar-refractivity contribution is 7.92. The SMILES string of the molecule is Cc1ccc(S(=O)(=O)Nc2cccc([N+](=O)[O-])c2)cc1[N+](=O)[O-]. The van der Waals surface area contributed by atoms with Gasteiger partial charge in [-0.25, -0.2) is 8.42 Å². The molecule has 0 aliphatic heterocycles.